The molecule has 0 atom stereocenters. The Bertz CT molecular complexity index is 538. The molecule has 0 aliphatic heterocycles. The Balaban J connectivity index is 2.47. The lowest BCUT2D eigenvalue weighted by Gasteiger charge is -2.00. The van der Waals surface area contributed by atoms with Gasteiger partial charge < -0.3 is 0 Å². The lowest BCUT2D eigenvalue weighted by molar-refractivity contribution is 0.584. The minimum absolute atomic E-state index is 0.178. The van der Waals surface area contributed by atoms with Crippen molar-refractivity contribution in [1.29, 1.82) is 5.26 Å². The van der Waals surface area contributed by atoms with Crippen molar-refractivity contribution in [3.8, 4) is 17.5 Å². The third-order valence-electron chi connectivity index (χ3n) is 1.90. The third-order valence-corrected chi connectivity index (χ3v) is 1.90. The van der Waals surface area contributed by atoms with Crippen LogP contribution in [0, 0.1) is 23.0 Å². The molecule has 5 heteroatoms. The molecule has 0 fully saturated rings. The molecule has 0 bridgehead atoms. The molecule has 1 aromatic carbocycles. The average Bonchev–Trinajstić information content (AvgIpc) is 2.28. The summed E-state index contributed by atoms with van der Waals surface area (Å²) in [6, 6.07) is 4.89. The molecule has 3 nitrogen and oxygen atoms in total. The van der Waals surface area contributed by atoms with E-state index < -0.39 is 11.6 Å². The Kier molecular flexibility index (Phi) is 2.56. The number of hydrogen-bond acceptors (Lipinski definition) is 3. The second-order valence-electron chi connectivity index (χ2n) is 3.07. The first kappa shape index (κ1) is 10.2. The van der Waals surface area contributed by atoms with Crippen LogP contribution in [-0.4, -0.2) is 9.97 Å². The number of aromatic nitrogens is 2. The molecule has 0 spiro atoms. The van der Waals surface area contributed by atoms with Crippen molar-refractivity contribution >= 4 is 0 Å². The van der Waals surface area contributed by atoms with Gasteiger partial charge in [-0.1, -0.05) is 0 Å². The summed E-state index contributed by atoms with van der Waals surface area (Å²) in [4.78, 5) is 7.67. The van der Waals surface area contributed by atoms with Gasteiger partial charge >= 0.3 is 0 Å². The summed E-state index contributed by atoms with van der Waals surface area (Å²) in [6.45, 7) is 0. The molecule has 78 valence electrons. The molecule has 0 saturated heterocycles. The number of nitriles is 1. The van der Waals surface area contributed by atoms with E-state index in [4.69, 9.17) is 5.26 Å². The Labute approximate surface area is 90.0 Å². The average molecular weight is 217 g/mol. The van der Waals surface area contributed by atoms with Gasteiger partial charge in [-0.3, -0.25) is 0 Å². The zero-order valence-corrected chi connectivity index (χ0v) is 7.98. The monoisotopic (exact) mass is 217 g/mol. The van der Waals surface area contributed by atoms with Crippen molar-refractivity contribution in [1.82, 2.24) is 9.97 Å². The molecule has 0 radical (unpaired) electrons. The molecule has 0 saturated carbocycles. The molecule has 0 unspecified atom stereocenters. The maximum atomic E-state index is 12.9. The van der Waals surface area contributed by atoms with E-state index in [0.29, 0.717) is 5.56 Å². The number of halogens is 2. The maximum absolute atomic E-state index is 12.9. The number of rotatable bonds is 1. The van der Waals surface area contributed by atoms with Crippen molar-refractivity contribution in [3.05, 3.63) is 47.8 Å². The van der Waals surface area contributed by atoms with Crippen molar-refractivity contribution < 1.29 is 8.78 Å². The van der Waals surface area contributed by atoms with Crippen LogP contribution in [0.4, 0.5) is 8.78 Å². The first-order valence-corrected chi connectivity index (χ1v) is 4.37. The van der Waals surface area contributed by atoms with Gasteiger partial charge in [0.25, 0.3) is 0 Å². The molecule has 16 heavy (non-hydrogen) atoms. The van der Waals surface area contributed by atoms with Crippen molar-refractivity contribution in [2.45, 2.75) is 0 Å². The summed E-state index contributed by atoms with van der Waals surface area (Å²) < 4.78 is 25.8. The second-order valence-corrected chi connectivity index (χ2v) is 3.07. The van der Waals surface area contributed by atoms with Crippen LogP contribution < -0.4 is 0 Å². The van der Waals surface area contributed by atoms with Crippen LogP contribution in [0.1, 0.15) is 5.56 Å². The molecule has 0 aliphatic rings. The normalized spacial score (nSPS) is 9.81. The maximum Gasteiger partial charge on any atom is 0.159 e. The van der Waals surface area contributed by atoms with Gasteiger partial charge in [0.15, 0.2) is 5.82 Å². The summed E-state index contributed by atoms with van der Waals surface area (Å²) in [6.07, 6.45) is 2.59. The number of nitrogens with zero attached hydrogens (tertiary/aromatic N) is 3. The molecule has 0 aliphatic carbocycles. The molecule has 1 aromatic heterocycles. The molecule has 2 aromatic rings. The van der Waals surface area contributed by atoms with Crippen molar-refractivity contribution in [3.63, 3.8) is 0 Å². The fourth-order valence-electron chi connectivity index (χ4n) is 1.22. The Morgan fingerprint density at radius 1 is 1.00 bits per heavy atom. The number of hydrogen-bond donors (Lipinski definition) is 0. The van der Waals surface area contributed by atoms with Crippen LogP contribution in [0.2, 0.25) is 0 Å². The highest BCUT2D eigenvalue weighted by atomic mass is 19.1. The van der Waals surface area contributed by atoms with Gasteiger partial charge in [0.1, 0.15) is 17.7 Å². The van der Waals surface area contributed by atoms with Crippen LogP contribution in [0.25, 0.3) is 11.4 Å². The topological polar surface area (TPSA) is 49.6 Å². The summed E-state index contributed by atoms with van der Waals surface area (Å²) in [5, 5.41) is 8.54. The van der Waals surface area contributed by atoms with E-state index in [-0.39, 0.29) is 11.4 Å². The van der Waals surface area contributed by atoms with Crippen LogP contribution in [0.15, 0.2) is 30.6 Å². The molecule has 0 amide bonds. The summed E-state index contributed by atoms with van der Waals surface area (Å²) in [5.74, 6) is -1.21. The van der Waals surface area contributed by atoms with Gasteiger partial charge in [-0.25, -0.2) is 18.7 Å². The van der Waals surface area contributed by atoms with Crippen LogP contribution in [0.3, 0.4) is 0 Å². The quantitative estimate of drug-likeness (QED) is 0.736. The first-order chi connectivity index (χ1) is 7.69. The largest absolute Gasteiger partial charge is 0.235 e. The van der Waals surface area contributed by atoms with E-state index >= 15 is 0 Å². The predicted molar refractivity (Wildman–Crippen MR) is 52.1 cm³/mol. The molecule has 2 rings (SSSR count). The van der Waals surface area contributed by atoms with Crippen LogP contribution >= 0.6 is 0 Å². The minimum Gasteiger partial charge on any atom is -0.235 e. The highest BCUT2D eigenvalue weighted by molar-refractivity contribution is 5.54. The zero-order chi connectivity index (χ0) is 11.5. The lowest BCUT2D eigenvalue weighted by atomic mass is 10.2. The summed E-state index contributed by atoms with van der Waals surface area (Å²) in [7, 11) is 0. The summed E-state index contributed by atoms with van der Waals surface area (Å²) >= 11 is 0. The Morgan fingerprint density at radius 2 is 1.56 bits per heavy atom. The fraction of sp³-hybridized carbons (Fsp3) is 0. The molecular weight excluding hydrogens is 212 g/mol. The lowest BCUT2D eigenvalue weighted by Crippen LogP contribution is -1.91. The first-order valence-electron chi connectivity index (χ1n) is 4.37. The SMILES string of the molecule is N#Cc1cnc(-c2cc(F)cc(F)c2)nc1. The smallest absolute Gasteiger partial charge is 0.159 e. The number of benzene rings is 1. The minimum atomic E-state index is -0.692. The van der Waals surface area contributed by atoms with Crippen molar-refractivity contribution in [2.75, 3.05) is 0 Å². The van der Waals surface area contributed by atoms with Crippen LogP contribution in [0.5, 0.6) is 0 Å². The van der Waals surface area contributed by atoms with E-state index in [1.54, 1.807) is 0 Å². The second kappa shape index (κ2) is 4.03. The molecule has 0 N–H and O–H groups in total. The van der Waals surface area contributed by atoms with E-state index in [9.17, 15) is 8.78 Å². The molecule has 1 heterocycles. The third kappa shape index (κ3) is 2.01. The molecular formula is C11H5F2N3. The highest BCUT2D eigenvalue weighted by Crippen LogP contribution is 2.17. The van der Waals surface area contributed by atoms with Gasteiger partial charge in [-0.15, -0.1) is 0 Å². The van der Waals surface area contributed by atoms with E-state index in [1.807, 2.05) is 6.07 Å². The van der Waals surface area contributed by atoms with Gasteiger partial charge in [0.2, 0.25) is 0 Å². The standard InChI is InChI=1S/C11H5F2N3/c12-9-1-8(2-10(13)3-9)11-15-5-7(4-14)6-16-11/h1-3,5-6H. The Morgan fingerprint density at radius 3 is 2.06 bits per heavy atom. The zero-order valence-electron chi connectivity index (χ0n) is 7.98. The summed E-state index contributed by atoms with van der Waals surface area (Å²) in [5.41, 5.74) is 0.530. The van der Waals surface area contributed by atoms with Gasteiger partial charge in [-0.2, -0.15) is 5.26 Å². The Hall–Kier alpha value is -2.35. The van der Waals surface area contributed by atoms with Crippen LogP contribution in [-0.2, 0) is 0 Å². The van der Waals surface area contributed by atoms with Gasteiger partial charge in [-0.05, 0) is 12.1 Å². The fourth-order valence-corrected chi connectivity index (χ4v) is 1.22. The highest BCUT2D eigenvalue weighted by Gasteiger charge is 2.05. The van der Waals surface area contributed by atoms with E-state index in [2.05, 4.69) is 9.97 Å². The van der Waals surface area contributed by atoms with Crippen molar-refractivity contribution in [2.24, 2.45) is 0 Å². The van der Waals surface area contributed by atoms with Gasteiger partial charge in [0.05, 0.1) is 5.56 Å². The van der Waals surface area contributed by atoms with E-state index in [1.165, 1.54) is 12.4 Å². The predicted octanol–water partition coefficient (Wildman–Crippen LogP) is 2.29. The van der Waals surface area contributed by atoms with Gasteiger partial charge in [0, 0.05) is 24.0 Å². The van der Waals surface area contributed by atoms with E-state index in [0.717, 1.165) is 18.2 Å².